The minimum absolute atomic E-state index is 0. The Morgan fingerprint density at radius 3 is 0.831 bits per heavy atom. The molecule has 65 heavy (non-hydrogen) atoms. The maximum Gasteiger partial charge on any atom is 0.494 e. The average molecular weight is 869 g/mol. The SMILES string of the molecule is C.CCCCc1ccc(N(c2ccc(B3OC(C)(C)C(C)(C)O3)cc2)c2ccc(-c3ccc(N(c4ccc(CCCC)cc4)c4ccc(B5OC(C)(C)C(C)(C)O5)cc4)cc3)cc2)cc1. The Hall–Kier alpha value is -5.11. The van der Waals surface area contributed by atoms with Crippen LogP contribution >= 0.6 is 0 Å². The Labute approximate surface area is 391 Å². The minimum atomic E-state index is -0.410. The Bertz CT molecular complexity index is 2260. The largest absolute Gasteiger partial charge is 0.494 e. The molecule has 0 spiro atoms. The van der Waals surface area contributed by atoms with E-state index in [2.05, 4.69) is 225 Å². The van der Waals surface area contributed by atoms with E-state index in [0.717, 1.165) is 69.0 Å². The molecule has 2 saturated heterocycles. The third-order valence-electron chi connectivity index (χ3n) is 14.0. The number of nitrogens with zero attached hydrogens (tertiary/aromatic N) is 2. The zero-order chi connectivity index (χ0) is 45.3. The summed E-state index contributed by atoms with van der Waals surface area (Å²) in [6, 6.07) is 53.1. The third kappa shape index (κ3) is 10.2. The van der Waals surface area contributed by atoms with Crippen LogP contribution in [-0.2, 0) is 31.5 Å². The van der Waals surface area contributed by atoms with E-state index in [-0.39, 0.29) is 7.43 Å². The molecule has 0 unspecified atom stereocenters. The van der Waals surface area contributed by atoms with Crippen molar-refractivity contribution >= 4 is 59.3 Å². The highest BCUT2D eigenvalue weighted by Gasteiger charge is 2.52. The van der Waals surface area contributed by atoms with Crippen LogP contribution in [0.5, 0.6) is 0 Å². The number of hydrogen-bond acceptors (Lipinski definition) is 6. The van der Waals surface area contributed by atoms with Gasteiger partial charge < -0.3 is 28.4 Å². The first kappa shape index (κ1) is 47.8. The van der Waals surface area contributed by atoms with Crippen LogP contribution in [0.25, 0.3) is 11.1 Å². The van der Waals surface area contributed by atoms with E-state index in [1.807, 2.05) is 0 Å². The molecular formula is C57H70B2N2O4. The van der Waals surface area contributed by atoms with Gasteiger partial charge in [0, 0.05) is 34.1 Å². The highest BCUT2D eigenvalue weighted by Crippen LogP contribution is 2.41. The zero-order valence-corrected chi connectivity index (χ0v) is 39.8. The van der Waals surface area contributed by atoms with E-state index in [0.29, 0.717) is 0 Å². The van der Waals surface area contributed by atoms with E-state index in [1.54, 1.807) is 0 Å². The molecule has 6 aromatic rings. The maximum absolute atomic E-state index is 6.39. The summed E-state index contributed by atoms with van der Waals surface area (Å²) in [7, 11) is -0.820. The van der Waals surface area contributed by atoms with Crippen molar-refractivity contribution < 1.29 is 18.6 Å². The topological polar surface area (TPSA) is 43.4 Å². The number of rotatable bonds is 15. The lowest BCUT2D eigenvalue weighted by Gasteiger charge is -2.32. The fourth-order valence-electron chi connectivity index (χ4n) is 8.40. The van der Waals surface area contributed by atoms with Gasteiger partial charge in [-0.05, 0) is 187 Å². The molecule has 2 heterocycles. The molecular weight excluding hydrogens is 798 g/mol. The van der Waals surface area contributed by atoms with Crippen molar-refractivity contribution in [1.29, 1.82) is 0 Å². The number of hydrogen-bond donors (Lipinski definition) is 0. The van der Waals surface area contributed by atoms with E-state index < -0.39 is 36.6 Å². The monoisotopic (exact) mass is 869 g/mol. The van der Waals surface area contributed by atoms with Gasteiger partial charge in [-0.1, -0.05) is 107 Å². The molecule has 0 amide bonds. The lowest BCUT2D eigenvalue weighted by atomic mass is 9.79. The summed E-state index contributed by atoms with van der Waals surface area (Å²) in [4.78, 5) is 4.65. The van der Waals surface area contributed by atoms with Crippen LogP contribution in [-0.4, -0.2) is 36.6 Å². The molecule has 0 aliphatic carbocycles. The van der Waals surface area contributed by atoms with Crippen LogP contribution in [0, 0.1) is 0 Å². The Kier molecular flexibility index (Phi) is 14.3. The predicted octanol–water partition coefficient (Wildman–Crippen LogP) is 14.2. The van der Waals surface area contributed by atoms with Crippen molar-refractivity contribution in [1.82, 2.24) is 0 Å². The van der Waals surface area contributed by atoms with Gasteiger partial charge in [-0.15, -0.1) is 0 Å². The van der Waals surface area contributed by atoms with Crippen LogP contribution in [0.1, 0.15) is 113 Å². The van der Waals surface area contributed by atoms with Gasteiger partial charge in [0.2, 0.25) is 0 Å². The smallest absolute Gasteiger partial charge is 0.399 e. The molecule has 0 aromatic heterocycles. The van der Waals surface area contributed by atoms with E-state index in [1.165, 1.54) is 36.8 Å². The quantitative estimate of drug-likeness (QED) is 0.0958. The molecule has 0 atom stereocenters. The van der Waals surface area contributed by atoms with E-state index >= 15 is 0 Å². The van der Waals surface area contributed by atoms with Gasteiger partial charge in [-0.2, -0.15) is 0 Å². The summed E-state index contributed by atoms with van der Waals surface area (Å²) in [6.07, 6.45) is 6.91. The Morgan fingerprint density at radius 2 is 0.585 bits per heavy atom. The fourth-order valence-corrected chi connectivity index (χ4v) is 8.40. The molecule has 8 rings (SSSR count). The van der Waals surface area contributed by atoms with Gasteiger partial charge >= 0.3 is 14.2 Å². The minimum Gasteiger partial charge on any atom is -0.399 e. The van der Waals surface area contributed by atoms with Crippen molar-refractivity contribution in [2.45, 2.75) is 138 Å². The maximum atomic E-state index is 6.39. The summed E-state index contributed by atoms with van der Waals surface area (Å²) in [5.41, 5.74) is 12.0. The molecule has 2 aliphatic rings. The standard InChI is InChI=1S/C56H66B2N2O4.CH4/c1-11-13-15-41-17-29-47(30-18-41)59(51-37-25-45(26-38-51)57-61-53(3,4)54(5,6)62-57)49-33-21-43(22-34-49)44-23-35-50(36-24-44)60(48-31-19-42(20-32-48)16-14-12-2)52-39-27-46(28-40-52)58-63-55(7,8)56(9,10)64-58;/h17-40H,11-16H2,1-10H3;1H4. The zero-order valence-electron chi connectivity index (χ0n) is 39.8. The molecule has 6 nitrogen and oxygen atoms in total. The third-order valence-corrected chi connectivity index (χ3v) is 14.0. The lowest BCUT2D eigenvalue weighted by molar-refractivity contribution is 0.00578. The molecule has 8 heteroatoms. The van der Waals surface area contributed by atoms with Gasteiger partial charge in [-0.25, -0.2) is 0 Å². The second-order valence-corrected chi connectivity index (χ2v) is 19.7. The summed E-state index contributed by atoms with van der Waals surface area (Å²) >= 11 is 0. The molecule has 0 saturated carbocycles. The highest BCUT2D eigenvalue weighted by molar-refractivity contribution is 6.62. The van der Waals surface area contributed by atoms with Crippen LogP contribution < -0.4 is 20.7 Å². The molecule has 2 fully saturated rings. The molecule has 0 N–H and O–H groups in total. The molecule has 0 radical (unpaired) electrons. The molecule has 338 valence electrons. The second-order valence-electron chi connectivity index (χ2n) is 19.7. The van der Waals surface area contributed by atoms with Crippen molar-refractivity contribution in [3.63, 3.8) is 0 Å². The van der Waals surface area contributed by atoms with Crippen molar-refractivity contribution in [3.05, 3.63) is 157 Å². The van der Waals surface area contributed by atoms with Crippen LogP contribution in [0.2, 0.25) is 0 Å². The first-order valence-corrected chi connectivity index (χ1v) is 23.5. The van der Waals surface area contributed by atoms with Gasteiger partial charge in [0.15, 0.2) is 0 Å². The van der Waals surface area contributed by atoms with Gasteiger partial charge in [-0.3, -0.25) is 0 Å². The van der Waals surface area contributed by atoms with Gasteiger partial charge in [0.05, 0.1) is 22.4 Å². The summed E-state index contributed by atoms with van der Waals surface area (Å²) < 4.78 is 25.6. The van der Waals surface area contributed by atoms with Crippen molar-refractivity contribution in [2.24, 2.45) is 0 Å². The van der Waals surface area contributed by atoms with Crippen molar-refractivity contribution in [2.75, 3.05) is 9.80 Å². The van der Waals surface area contributed by atoms with Crippen LogP contribution in [0.15, 0.2) is 146 Å². The summed E-state index contributed by atoms with van der Waals surface area (Å²) in [6.45, 7) is 21.2. The second kappa shape index (κ2) is 19.4. The predicted molar refractivity (Wildman–Crippen MR) is 277 cm³/mol. The Morgan fingerprint density at radius 1 is 0.354 bits per heavy atom. The first-order valence-electron chi connectivity index (χ1n) is 23.5. The molecule has 0 bridgehead atoms. The molecule has 6 aromatic carbocycles. The average Bonchev–Trinajstić information content (AvgIpc) is 3.66. The number of anilines is 6. The number of benzene rings is 6. The van der Waals surface area contributed by atoms with Gasteiger partial charge in [0.1, 0.15) is 0 Å². The van der Waals surface area contributed by atoms with Crippen LogP contribution in [0.3, 0.4) is 0 Å². The van der Waals surface area contributed by atoms with E-state index in [9.17, 15) is 0 Å². The summed E-state index contributed by atoms with van der Waals surface area (Å²) in [5.74, 6) is 0. The fraction of sp³-hybridized carbons (Fsp3) is 0.368. The highest BCUT2D eigenvalue weighted by atomic mass is 16.7. The van der Waals surface area contributed by atoms with E-state index in [4.69, 9.17) is 18.6 Å². The molecule has 2 aliphatic heterocycles. The lowest BCUT2D eigenvalue weighted by Crippen LogP contribution is -2.41. The summed E-state index contributed by atoms with van der Waals surface area (Å²) in [5, 5.41) is 0. The van der Waals surface area contributed by atoms with Gasteiger partial charge in [0.25, 0.3) is 0 Å². The number of unbranched alkanes of at least 4 members (excludes halogenated alkanes) is 2. The van der Waals surface area contributed by atoms with Crippen LogP contribution in [0.4, 0.5) is 34.1 Å². The number of aryl methyl sites for hydroxylation is 2. The first-order chi connectivity index (χ1) is 30.6. The Balaban J connectivity index is 0.00000630. The normalized spacial score (nSPS) is 16.9. The van der Waals surface area contributed by atoms with Crippen molar-refractivity contribution in [3.8, 4) is 11.1 Å².